The monoisotopic (exact) mass is 270 g/mol. The number of hydrogen-bond acceptors (Lipinski definition) is 2. The molecule has 4 rings (SSSR count). The third-order valence-electron chi connectivity index (χ3n) is 5.61. The van der Waals surface area contributed by atoms with Crippen molar-refractivity contribution in [2.75, 3.05) is 6.61 Å². The van der Waals surface area contributed by atoms with Gasteiger partial charge in [-0.3, -0.25) is 0 Å². The van der Waals surface area contributed by atoms with Crippen molar-refractivity contribution < 1.29 is 9.84 Å². The van der Waals surface area contributed by atoms with E-state index in [4.69, 9.17) is 4.74 Å². The van der Waals surface area contributed by atoms with Crippen molar-refractivity contribution in [3.8, 4) is 0 Å². The Morgan fingerprint density at radius 1 is 1.05 bits per heavy atom. The maximum atomic E-state index is 11.5. The van der Waals surface area contributed by atoms with Crippen LogP contribution in [0.1, 0.15) is 36.8 Å². The van der Waals surface area contributed by atoms with Crippen LogP contribution < -0.4 is 0 Å². The van der Waals surface area contributed by atoms with Gasteiger partial charge in [0.05, 0.1) is 18.5 Å². The molecule has 0 saturated heterocycles. The summed E-state index contributed by atoms with van der Waals surface area (Å²) in [5.41, 5.74) is 3.41. The molecule has 0 spiro atoms. The van der Waals surface area contributed by atoms with E-state index in [-0.39, 0.29) is 0 Å². The maximum absolute atomic E-state index is 11.5. The van der Waals surface area contributed by atoms with E-state index in [1.165, 1.54) is 11.1 Å². The van der Waals surface area contributed by atoms with Gasteiger partial charge in [0.1, 0.15) is 0 Å². The van der Waals surface area contributed by atoms with Crippen LogP contribution in [0.3, 0.4) is 0 Å². The van der Waals surface area contributed by atoms with Gasteiger partial charge in [-0.25, -0.2) is 0 Å². The normalized spacial score (nSPS) is 35.8. The van der Waals surface area contributed by atoms with Gasteiger partial charge in [-0.1, -0.05) is 24.3 Å². The fraction of sp³-hybridized carbons (Fsp3) is 0.556. The van der Waals surface area contributed by atoms with E-state index in [0.717, 1.165) is 50.7 Å². The maximum Gasteiger partial charge on any atom is 0.0951 e. The number of rotatable bonds is 1. The van der Waals surface area contributed by atoms with Gasteiger partial charge in [0.15, 0.2) is 0 Å². The Hall–Kier alpha value is -1.28. The van der Waals surface area contributed by atoms with Gasteiger partial charge in [0.25, 0.3) is 0 Å². The van der Waals surface area contributed by atoms with E-state index in [9.17, 15) is 5.11 Å². The summed E-state index contributed by atoms with van der Waals surface area (Å²) in [4.78, 5) is 0. The molecule has 0 aromatic heterocycles. The first-order valence-electron chi connectivity index (χ1n) is 7.89. The number of benzene rings is 1. The minimum Gasteiger partial charge on any atom is -0.501 e. The fourth-order valence-electron chi connectivity index (χ4n) is 4.56. The first-order chi connectivity index (χ1) is 9.78. The Bertz CT molecular complexity index is 513. The molecular weight excluding hydrogens is 248 g/mol. The van der Waals surface area contributed by atoms with Crippen molar-refractivity contribution in [2.24, 2.45) is 11.8 Å². The second kappa shape index (κ2) is 4.63. The van der Waals surface area contributed by atoms with E-state index in [1.807, 2.05) is 6.26 Å². The van der Waals surface area contributed by atoms with Crippen molar-refractivity contribution in [1.29, 1.82) is 0 Å². The third-order valence-corrected chi connectivity index (χ3v) is 5.61. The summed E-state index contributed by atoms with van der Waals surface area (Å²) in [7, 11) is 0. The van der Waals surface area contributed by atoms with Crippen LogP contribution in [0.15, 0.2) is 36.1 Å². The van der Waals surface area contributed by atoms with Crippen molar-refractivity contribution in [2.45, 2.75) is 44.1 Å². The lowest BCUT2D eigenvalue weighted by Crippen LogP contribution is -2.43. The largest absolute Gasteiger partial charge is 0.501 e. The highest BCUT2D eigenvalue weighted by atomic mass is 16.5. The van der Waals surface area contributed by atoms with E-state index in [0.29, 0.717) is 11.8 Å². The molecule has 1 aromatic carbocycles. The van der Waals surface area contributed by atoms with E-state index < -0.39 is 5.60 Å². The number of ether oxygens (including phenoxy) is 1. The second-order valence-electron chi connectivity index (χ2n) is 6.59. The Balaban J connectivity index is 1.75. The Labute approximate surface area is 120 Å². The van der Waals surface area contributed by atoms with Crippen LogP contribution in [0.2, 0.25) is 0 Å². The van der Waals surface area contributed by atoms with E-state index >= 15 is 0 Å². The zero-order chi connectivity index (χ0) is 13.6. The highest BCUT2D eigenvalue weighted by molar-refractivity contribution is 5.35. The lowest BCUT2D eigenvalue weighted by Gasteiger charge is -2.37. The number of hydrogen-bond donors (Lipinski definition) is 1. The Morgan fingerprint density at radius 3 is 2.25 bits per heavy atom. The van der Waals surface area contributed by atoms with Crippen LogP contribution in [0.5, 0.6) is 0 Å². The van der Waals surface area contributed by atoms with Crippen molar-refractivity contribution in [1.82, 2.24) is 0 Å². The quantitative estimate of drug-likeness (QED) is 0.849. The predicted octanol–water partition coefficient (Wildman–Crippen LogP) is 3.24. The van der Waals surface area contributed by atoms with Gasteiger partial charge in [-0.15, -0.1) is 0 Å². The van der Waals surface area contributed by atoms with Crippen LogP contribution in [-0.4, -0.2) is 17.3 Å². The molecule has 1 aliphatic heterocycles. The molecule has 1 aromatic rings. The molecule has 1 N–H and O–H groups in total. The fourth-order valence-corrected chi connectivity index (χ4v) is 4.56. The topological polar surface area (TPSA) is 29.5 Å². The molecular formula is C18H22O2. The standard InChI is InChI=1S/C18H22O2/c19-18(17-6-3-9-20-12-17)15-7-8-16(18)11-14-5-2-1-4-13(14)10-15/h1-2,4-5,12,15-16,19H,3,6-11H2. The van der Waals surface area contributed by atoms with Crippen LogP contribution in [0, 0.1) is 11.8 Å². The second-order valence-corrected chi connectivity index (χ2v) is 6.59. The minimum absolute atomic E-state index is 0.365. The van der Waals surface area contributed by atoms with Gasteiger partial charge in [-0.2, -0.15) is 0 Å². The predicted molar refractivity (Wildman–Crippen MR) is 78.3 cm³/mol. The molecule has 2 heteroatoms. The highest BCUT2D eigenvalue weighted by Gasteiger charge is 2.52. The molecule has 20 heavy (non-hydrogen) atoms. The third kappa shape index (κ3) is 1.74. The summed E-state index contributed by atoms with van der Waals surface area (Å²) in [6.45, 7) is 0.801. The summed E-state index contributed by atoms with van der Waals surface area (Å²) in [5.74, 6) is 0.730. The summed E-state index contributed by atoms with van der Waals surface area (Å²) in [6, 6.07) is 8.73. The molecule has 2 atom stereocenters. The Kier molecular flexibility index (Phi) is 2.88. The van der Waals surface area contributed by atoms with Crippen molar-refractivity contribution >= 4 is 0 Å². The van der Waals surface area contributed by atoms with Gasteiger partial charge < -0.3 is 9.84 Å². The molecule has 1 saturated carbocycles. The summed E-state index contributed by atoms with van der Waals surface area (Å²) in [5, 5.41) is 11.5. The first kappa shape index (κ1) is 12.5. The van der Waals surface area contributed by atoms with Crippen LogP contribution in [0.4, 0.5) is 0 Å². The summed E-state index contributed by atoms with van der Waals surface area (Å²) < 4.78 is 5.52. The average Bonchev–Trinajstić information content (AvgIpc) is 2.72. The van der Waals surface area contributed by atoms with Crippen molar-refractivity contribution in [3.63, 3.8) is 0 Å². The van der Waals surface area contributed by atoms with Crippen LogP contribution in [-0.2, 0) is 17.6 Å². The SMILES string of the molecule is OC1(C2=COCCC2)C2CCC1Cc1ccccc1C2. The van der Waals surface area contributed by atoms with Gasteiger partial charge >= 0.3 is 0 Å². The smallest absolute Gasteiger partial charge is 0.0951 e. The molecule has 0 radical (unpaired) electrons. The van der Waals surface area contributed by atoms with Gasteiger partial charge in [0.2, 0.25) is 0 Å². The molecule has 2 unspecified atom stereocenters. The summed E-state index contributed by atoms with van der Waals surface area (Å²) >= 11 is 0. The molecule has 2 aliphatic carbocycles. The summed E-state index contributed by atoms with van der Waals surface area (Å²) in [6.07, 6.45) is 8.23. The van der Waals surface area contributed by atoms with Gasteiger partial charge in [0, 0.05) is 0 Å². The minimum atomic E-state index is -0.626. The number of fused-ring (bicyclic) bond motifs is 3. The zero-order valence-electron chi connectivity index (χ0n) is 11.8. The lowest BCUT2D eigenvalue weighted by atomic mass is 9.75. The zero-order valence-corrected chi connectivity index (χ0v) is 11.8. The molecule has 1 heterocycles. The molecule has 0 amide bonds. The lowest BCUT2D eigenvalue weighted by molar-refractivity contribution is -0.00823. The van der Waals surface area contributed by atoms with Crippen LogP contribution >= 0.6 is 0 Å². The van der Waals surface area contributed by atoms with Gasteiger partial charge in [-0.05, 0) is 67.1 Å². The molecule has 1 fully saturated rings. The van der Waals surface area contributed by atoms with Crippen molar-refractivity contribution in [3.05, 3.63) is 47.2 Å². The average molecular weight is 270 g/mol. The highest BCUT2D eigenvalue weighted by Crippen LogP contribution is 2.51. The molecule has 3 aliphatic rings. The van der Waals surface area contributed by atoms with Crippen LogP contribution in [0.25, 0.3) is 0 Å². The molecule has 106 valence electrons. The number of aliphatic hydroxyl groups is 1. The van der Waals surface area contributed by atoms with E-state index in [2.05, 4.69) is 24.3 Å². The Morgan fingerprint density at radius 2 is 1.70 bits per heavy atom. The molecule has 2 bridgehead atoms. The first-order valence-corrected chi connectivity index (χ1v) is 7.89. The van der Waals surface area contributed by atoms with E-state index in [1.54, 1.807) is 0 Å². The molecule has 2 nitrogen and oxygen atoms in total.